The molecule has 0 spiro atoms. The molecule has 1 amide bonds. The Hall–Kier alpha value is -3.61. The molecule has 1 aliphatic rings. The number of carbonyl (C=O) groups excluding carboxylic acids is 1. The van der Waals surface area contributed by atoms with Crippen LogP contribution in [-0.4, -0.2) is 57.8 Å². The monoisotopic (exact) mass is 541 g/mol. The number of hydroxylamine groups is 2. The lowest BCUT2D eigenvalue weighted by molar-refractivity contribution is -0.171. The van der Waals surface area contributed by atoms with Gasteiger partial charge in [0.05, 0.1) is 47.8 Å². The maximum atomic E-state index is 12.5. The minimum atomic E-state index is -1.04. The van der Waals surface area contributed by atoms with Crippen LogP contribution in [0.15, 0.2) is 24.3 Å². The van der Waals surface area contributed by atoms with Crippen LogP contribution in [0.1, 0.15) is 74.3 Å². The van der Waals surface area contributed by atoms with Gasteiger partial charge in [-0.05, 0) is 54.7 Å². The number of rotatable bonds is 13. The second-order valence-corrected chi connectivity index (χ2v) is 9.26. The van der Waals surface area contributed by atoms with Crippen molar-refractivity contribution < 1.29 is 38.4 Å². The number of hydrogen-bond acceptors (Lipinski definition) is 8. The van der Waals surface area contributed by atoms with Gasteiger partial charge in [-0.1, -0.05) is 19.8 Å². The molecule has 0 bridgehead atoms. The standard InChI is InChI=1S/C30H39NO8/c1-8-11-28(32)31(33)23(10-3)22-13-19(14-25(34-4)29(22)38-12-9-2)21-17-24(39-18-21)20-15-26(35-5)30(37-7)27(16-20)36-6/h3,13-16,21,23-24,33H,8-9,11-12,17-18H2,1-2,4-7H3. The van der Waals surface area contributed by atoms with E-state index in [0.29, 0.717) is 65.4 Å². The first-order chi connectivity index (χ1) is 18.9. The molecular formula is C30H39NO8. The highest BCUT2D eigenvalue weighted by Gasteiger charge is 2.33. The van der Waals surface area contributed by atoms with Crippen LogP contribution in [-0.2, 0) is 9.53 Å². The van der Waals surface area contributed by atoms with Crippen molar-refractivity contribution in [3.05, 3.63) is 41.0 Å². The van der Waals surface area contributed by atoms with Crippen molar-refractivity contribution in [3.8, 4) is 41.1 Å². The predicted octanol–water partition coefficient (Wildman–Crippen LogP) is 5.45. The van der Waals surface area contributed by atoms with Gasteiger partial charge in [0, 0.05) is 17.9 Å². The summed E-state index contributed by atoms with van der Waals surface area (Å²) < 4.78 is 34.4. The summed E-state index contributed by atoms with van der Waals surface area (Å²) in [6, 6.07) is 6.52. The molecule has 0 radical (unpaired) electrons. The van der Waals surface area contributed by atoms with Gasteiger partial charge in [-0.3, -0.25) is 10.0 Å². The maximum Gasteiger partial charge on any atom is 0.247 e. The van der Waals surface area contributed by atoms with Crippen molar-refractivity contribution in [1.82, 2.24) is 5.06 Å². The zero-order valence-corrected chi connectivity index (χ0v) is 23.6. The first kappa shape index (κ1) is 29.9. The van der Waals surface area contributed by atoms with Crippen LogP contribution >= 0.6 is 0 Å². The lowest BCUT2D eigenvalue weighted by Crippen LogP contribution is -2.31. The third kappa shape index (κ3) is 6.52. The molecule has 2 aromatic rings. The van der Waals surface area contributed by atoms with Gasteiger partial charge >= 0.3 is 0 Å². The fourth-order valence-electron chi connectivity index (χ4n) is 4.74. The van der Waals surface area contributed by atoms with E-state index in [1.165, 1.54) is 0 Å². The van der Waals surface area contributed by atoms with Gasteiger partial charge in [-0.15, -0.1) is 6.42 Å². The van der Waals surface area contributed by atoms with Gasteiger partial charge in [0.25, 0.3) is 0 Å². The number of ether oxygens (including phenoxy) is 6. The Balaban J connectivity index is 2.01. The molecule has 39 heavy (non-hydrogen) atoms. The van der Waals surface area contributed by atoms with E-state index in [2.05, 4.69) is 5.92 Å². The number of methoxy groups -OCH3 is 4. The average molecular weight is 542 g/mol. The van der Waals surface area contributed by atoms with Crippen LogP contribution in [0.4, 0.5) is 0 Å². The van der Waals surface area contributed by atoms with Gasteiger partial charge in [0.1, 0.15) is 6.04 Å². The summed E-state index contributed by atoms with van der Waals surface area (Å²) in [7, 11) is 6.27. The van der Waals surface area contributed by atoms with E-state index in [1.807, 2.05) is 38.1 Å². The first-order valence-corrected chi connectivity index (χ1v) is 13.1. The largest absolute Gasteiger partial charge is 0.493 e. The molecule has 0 aliphatic carbocycles. The predicted molar refractivity (Wildman–Crippen MR) is 146 cm³/mol. The molecule has 1 N–H and O–H groups in total. The molecule has 9 nitrogen and oxygen atoms in total. The molecule has 1 saturated heterocycles. The molecule has 1 heterocycles. The van der Waals surface area contributed by atoms with Crippen LogP contribution in [0.5, 0.6) is 28.7 Å². The molecule has 2 aromatic carbocycles. The lowest BCUT2D eigenvalue weighted by atomic mass is 9.90. The summed E-state index contributed by atoms with van der Waals surface area (Å²) >= 11 is 0. The van der Waals surface area contributed by atoms with E-state index < -0.39 is 11.9 Å². The minimum absolute atomic E-state index is 0.0149. The summed E-state index contributed by atoms with van der Waals surface area (Å²) in [5, 5.41) is 11.4. The number of amides is 1. The zero-order valence-electron chi connectivity index (χ0n) is 23.6. The number of carbonyl (C=O) groups is 1. The molecule has 3 unspecified atom stereocenters. The first-order valence-electron chi connectivity index (χ1n) is 13.1. The molecule has 0 aromatic heterocycles. The summed E-state index contributed by atoms with van der Waals surface area (Å²) in [5.41, 5.74) is 2.29. The average Bonchev–Trinajstić information content (AvgIpc) is 3.46. The summed E-state index contributed by atoms with van der Waals surface area (Å²) in [4.78, 5) is 12.5. The van der Waals surface area contributed by atoms with Crippen LogP contribution in [0.2, 0.25) is 0 Å². The Morgan fingerprint density at radius 1 is 1.00 bits per heavy atom. The zero-order chi connectivity index (χ0) is 28.5. The maximum absolute atomic E-state index is 12.5. The van der Waals surface area contributed by atoms with Crippen molar-refractivity contribution in [2.45, 2.75) is 57.6 Å². The van der Waals surface area contributed by atoms with Crippen molar-refractivity contribution >= 4 is 5.91 Å². The van der Waals surface area contributed by atoms with E-state index in [4.69, 9.17) is 34.8 Å². The number of nitrogens with zero attached hydrogens (tertiary/aromatic N) is 1. The normalized spacial score (nSPS) is 17.2. The SMILES string of the molecule is C#CC(c1cc(C2COC(c3cc(OC)c(OC)c(OC)c3)C2)cc(OC)c1OCCC)N(O)C(=O)CCC. The van der Waals surface area contributed by atoms with Crippen LogP contribution < -0.4 is 23.7 Å². The second kappa shape index (κ2) is 14.0. The fourth-order valence-corrected chi connectivity index (χ4v) is 4.74. The summed E-state index contributed by atoms with van der Waals surface area (Å²) in [6.45, 7) is 4.71. The van der Waals surface area contributed by atoms with E-state index in [0.717, 1.165) is 17.5 Å². The van der Waals surface area contributed by atoms with Crippen LogP contribution in [0.25, 0.3) is 0 Å². The molecule has 3 atom stereocenters. The number of benzene rings is 2. The molecule has 0 saturated carbocycles. The summed E-state index contributed by atoms with van der Waals surface area (Å²) in [5.74, 6) is 4.60. The highest BCUT2D eigenvalue weighted by molar-refractivity contribution is 5.76. The van der Waals surface area contributed by atoms with Crippen LogP contribution in [0, 0.1) is 12.3 Å². The lowest BCUT2D eigenvalue weighted by Gasteiger charge is -2.26. The smallest absolute Gasteiger partial charge is 0.247 e. The Bertz CT molecular complexity index is 1150. The minimum Gasteiger partial charge on any atom is -0.493 e. The van der Waals surface area contributed by atoms with Crippen molar-refractivity contribution in [1.29, 1.82) is 0 Å². The van der Waals surface area contributed by atoms with E-state index >= 15 is 0 Å². The van der Waals surface area contributed by atoms with Gasteiger partial charge in [0.2, 0.25) is 11.7 Å². The quantitative estimate of drug-likeness (QED) is 0.203. The van der Waals surface area contributed by atoms with Gasteiger partial charge in [0.15, 0.2) is 23.0 Å². The molecule has 9 heteroatoms. The van der Waals surface area contributed by atoms with Crippen molar-refractivity contribution in [2.24, 2.45) is 0 Å². The molecule has 3 rings (SSSR count). The van der Waals surface area contributed by atoms with Crippen molar-refractivity contribution in [3.63, 3.8) is 0 Å². The van der Waals surface area contributed by atoms with Gasteiger partial charge in [-0.25, -0.2) is 5.06 Å². The number of hydrogen-bond donors (Lipinski definition) is 1. The van der Waals surface area contributed by atoms with Gasteiger partial charge < -0.3 is 28.4 Å². The Labute approximate surface area is 230 Å². The Morgan fingerprint density at radius 3 is 2.15 bits per heavy atom. The van der Waals surface area contributed by atoms with Gasteiger partial charge in [-0.2, -0.15) is 0 Å². The molecule has 1 fully saturated rings. The van der Waals surface area contributed by atoms with E-state index in [1.54, 1.807) is 28.4 Å². The van der Waals surface area contributed by atoms with Crippen molar-refractivity contribution in [2.75, 3.05) is 41.7 Å². The number of terminal acetylenes is 1. The molecule has 212 valence electrons. The second-order valence-electron chi connectivity index (χ2n) is 9.26. The highest BCUT2D eigenvalue weighted by Crippen LogP contribution is 2.47. The summed E-state index contributed by atoms with van der Waals surface area (Å²) in [6.07, 6.45) is 7.80. The molecular weight excluding hydrogens is 502 g/mol. The fraction of sp³-hybridized carbons (Fsp3) is 0.500. The Kier molecular flexibility index (Phi) is 10.7. The van der Waals surface area contributed by atoms with E-state index in [-0.39, 0.29) is 18.4 Å². The molecule has 1 aliphatic heterocycles. The Morgan fingerprint density at radius 2 is 1.62 bits per heavy atom. The van der Waals surface area contributed by atoms with E-state index in [9.17, 15) is 10.0 Å². The third-order valence-electron chi connectivity index (χ3n) is 6.72. The topological polar surface area (TPSA) is 95.9 Å². The van der Waals surface area contributed by atoms with Crippen LogP contribution in [0.3, 0.4) is 0 Å². The third-order valence-corrected chi connectivity index (χ3v) is 6.72. The highest BCUT2D eigenvalue weighted by atomic mass is 16.5.